The first-order valence-corrected chi connectivity index (χ1v) is 4.99. The summed E-state index contributed by atoms with van der Waals surface area (Å²) in [5.41, 5.74) is 4.69. The number of nitrogens with two attached hydrogens (primary N) is 1. The minimum absolute atomic E-state index is 0.303. The first kappa shape index (κ1) is 12.9. The standard InChI is InChI=1S/C6H9F2NO4S/c7-6(8,5(11)12)3-14(13)2-1-4(9)10/h1-3H2,(H2,9,10)(H,11,12). The van der Waals surface area contributed by atoms with Crippen molar-refractivity contribution in [3.8, 4) is 0 Å². The number of hydrogen-bond donors (Lipinski definition) is 2. The fourth-order valence-corrected chi connectivity index (χ4v) is 1.65. The second kappa shape index (κ2) is 4.99. The highest BCUT2D eigenvalue weighted by Gasteiger charge is 2.40. The molecule has 1 atom stereocenters. The van der Waals surface area contributed by atoms with E-state index in [0.717, 1.165) is 0 Å². The largest absolute Gasteiger partial charge is 0.477 e. The Balaban J connectivity index is 4.06. The van der Waals surface area contributed by atoms with Crippen LogP contribution in [0.4, 0.5) is 8.78 Å². The van der Waals surface area contributed by atoms with Crippen LogP contribution in [0.15, 0.2) is 0 Å². The zero-order valence-electron chi connectivity index (χ0n) is 7.03. The lowest BCUT2D eigenvalue weighted by molar-refractivity contribution is -0.161. The highest BCUT2D eigenvalue weighted by atomic mass is 32.2. The van der Waals surface area contributed by atoms with Crippen molar-refractivity contribution in [2.45, 2.75) is 12.3 Å². The molecule has 0 bridgehead atoms. The van der Waals surface area contributed by atoms with Crippen LogP contribution in [0.3, 0.4) is 0 Å². The van der Waals surface area contributed by atoms with Crippen LogP contribution in [-0.4, -0.2) is 38.6 Å². The summed E-state index contributed by atoms with van der Waals surface area (Å²) in [6, 6.07) is 0. The van der Waals surface area contributed by atoms with Gasteiger partial charge < -0.3 is 10.8 Å². The molecule has 14 heavy (non-hydrogen) atoms. The summed E-state index contributed by atoms with van der Waals surface area (Å²) < 4.78 is 35.7. The molecule has 0 aromatic carbocycles. The molecule has 1 unspecified atom stereocenters. The van der Waals surface area contributed by atoms with Crippen LogP contribution >= 0.6 is 0 Å². The third-order valence-corrected chi connectivity index (χ3v) is 2.58. The molecule has 0 aliphatic carbocycles. The van der Waals surface area contributed by atoms with E-state index in [9.17, 15) is 22.6 Å². The maximum Gasteiger partial charge on any atom is 0.375 e. The molecule has 0 radical (unpaired) electrons. The van der Waals surface area contributed by atoms with Crippen molar-refractivity contribution in [1.29, 1.82) is 0 Å². The van der Waals surface area contributed by atoms with Crippen LogP contribution in [0.5, 0.6) is 0 Å². The number of carboxylic acid groups (broad SMARTS) is 1. The van der Waals surface area contributed by atoms with E-state index in [-0.39, 0.29) is 12.2 Å². The number of carboxylic acids is 1. The van der Waals surface area contributed by atoms with Crippen LogP contribution < -0.4 is 5.73 Å². The van der Waals surface area contributed by atoms with E-state index < -0.39 is 34.4 Å². The van der Waals surface area contributed by atoms with Crippen LogP contribution in [0.25, 0.3) is 0 Å². The number of aliphatic carboxylic acids is 1. The number of amides is 1. The van der Waals surface area contributed by atoms with Crippen molar-refractivity contribution < 1.29 is 27.7 Å². The first-order valence-electron chi connectivity index (χ1n) is 3.50. The number of halogens is 2. The summed E-state index contributed by atoms with van der Waals surface area (Å²) >= 11 is 0. The Labute approximate surface area is 80.7 Å². The van der Waals surface area contributed by atoms with Gasteiger partial charge in [-0.3, -0.25) is 9.00 Å². The Morgan fingerprint density at radius 2 is 1.93 bits per heavy atom. The van der Waals surface area contributed by atoms with Crippen LogP contribution in [-0.2, 0) is 20.4 Å². The molecule has 1 amide bonds. The third kappa shape index (κ3) is 4.85. The first-order chi connectivity index (χ1) is 6.25. The molecular formula is C6H9F2NO4S. The summed E-state index contributed by atoms with van der Waals surface area (Å²) in [6.07, 6.45) is -0.303. The van der Waals surface area contributed by atoms with Gasteiger partial charge in [0.15, 0.2) is 0 Å². The molecule has 0 fully saturated rings. The molecule has 0 aliphatic rings. The second-order valence-corrected chi connectivity index (χ2v) is 4.09. The van der Waals surface area contributed by atoms with E-state index in [1.165, 1.54) is 0 Å². The van der Waals surface area contributed by atoms with E-state index in [0.29, 0.717) is 0 Å². The van der Waals surface area contributed by atoms with Gasteiger partial charge in [0.2, 0.25) is 5.91 Å². The predicted molar refractivity (Wildman–Crippen MR) is 44.3 cm³/mol. The monoisotopic (exact) mass is 229 g/mol. The molecule has 0 heterocycles. The van der Waals surface area contributed by atoms with Gasteiger partial charge in [-0.05, 0) is 0 Å². The number of hydrogen-bond acceptors (Lipinski definition) is 3. The molecule has 0 rings (SSSR count). The Kier molecular flexibility index (Phi) is 4.61. The van der Waals surface area contributed by atoms with Crippen molar-refractivity contribution in [1.82, 2.24) is 0 Å². The Morgan fingerprint density at radius 3 is 2.29 bits per heavy atom. The summed E-state index contributed by atoms with van der Waals surface area (Å²) in [4.78, 5) is 20.1. The SMILES string of the molecule is NC(=O)CCS(=O)CC(F)(F)C(=O)O. The molecule has 0 aromatic heterocycles. The maximum atomic E-state index is 12.4. The van der Waals surface area contributed by atoms with Crippen molar-refractivity contribution in [2.24, 2.45) is 5.73 Å². The van der Waals surface area contributed by atoms with Crippen molar-refractivity contribution in [3.63, 3.8) is 0 Å². The third-order valence-electron chi connectivity index (χ3n) is 1.23. The Morgan fingerprint density at radius 1 is 1.43 bits per heavy atom. The highest BCUT2D eigenvalue weighted by Crippen LogP contribution is 2.15. The van der Waals surface area contributed by atoms with Crippen LogP contribution in [0, 0.1) is 0 Å². The lowest BCUT2D eigenvalue weighted by Crippen LogP contribution is -2.35. The van der Waals surface area contributed by atoms with E-state index in [4.69, 9.17) is 5.11 Å². The predicted octanol–water partition coefficient (Wildman–Crippen LogP) is -0.670. The lowest BCUT2D eigenvalue weighted by Gasteiger charge is -2.09. The summed E-state index contributed by atoms with van der Waals surface area (Å²) in [6.45, 7) is 0. The van der Waals surface area contributed by atoms with Gasteiger partial charge in [-0.2, -0.15) is 8.78 Å². The smallest absolute Gasteiger partial charge is 0.375 e. The van der Waals surface area contributed by atoms with Gasteiger partial charge >= 0.3 is 11.9 Å². The van der Waals surface area contributed by atoms with Gasteiger partial charge in [-0.1, -0.05) is 0 Å². The maximum absolute atomic E-state index is 12.4. The highest BCUT2D eigenvalue weighted by molar-refractivity contribution is 7.85. The number of alkyl halides is 2. The molecule has 82 valence electrons. The minimum Gasteiger partial charge on any atom is -0.477 e. The minimum atomic E-state index is -4.03. The molecule has 0 saturated heterocycles. The van der Waals surface area contributed by atoms with Crippen LogP contribution in [0.2, 0.25) is 0 Å². The Hall–Kier alpha value is -1.05. The normalized spacial score (nSPS) is 13.6. The number of carbonyl (C=O) groups is 2. The van der Waals surface area contributed by atoms with E-state index in [1.54, 1.807) is 0 Å². The Bertz CT molecular complexity index is 269. The van der Waals surface area contributed by atoms with Crippen molar-refractivity contribution in [2.75, 3.05) is 11.5 Å². The summed E-state index contributed by atoms with van der Waals surface area (Å²) in [5, 5.41) is 7.99. The topological polar surface area (TPSA) is 97.5 Å². The zero-order valence-corrected chi connectivity index (χ0v) is 7.85. The average molecular weight is 229 g/mol. The van der Waals surface area contributed by atoms with Gasteiger partial charge in [0, 0.05) is 23.0 Å². The van der Waals surface area contributed by atoms with E-state index >= 15 is 0 Å². The lowest BCUT2D eigenvalue weighted by atomic mass is 10.4. The molecule has 3 N–H and O–H groups in total. The van der Waals surface area contributed by atoms with E-state index in [2.05, 4.69) is 5.73 Å². The zero-order chi connectivity index (χ0) is 11.4. The molecule has 0 saturated carbocycles. The number of rotatable bonds is 6. The van der Waals surface area contributed by atoms with Gasteiger partial charge in [-0.25, -0.2) is 4.79 Å². The van der Waals surface area contributed by atoms with Gasteiger partial charge in [-0.15, -0.1) is 0 Å². The average Bonchev–Trinajstić information content (AvgIpc) is 1.99. The van der Waals surface area contributed by atoms with Crippen molar-refractivity contribution >= 4 is 22.7 Å². The summed E-state index contributed by atoms with van der Waals surface area (Å²) in [5.74, 6) is -8.77. The quantitative estimate of drug-likeness (QED) is 0.631. The second-order valence-electron chi connectivity index (χ2n) is 2.51. The molecular weight excluding hydrogens is 220 g/mol. The fourth-order valence-electron chi connectivity index (χ4n) is 0.551. The van der Waals surface area contributed by atoms with E-state index in [1.807, 2.05) is 0 Å². The van der Waals surface area contributed by atoms with Gasteiger partial charge in [0.05, 0.1) is 5.75 Å². The molecule has 0 aromatic rings. The number of primary amides is 1. The van der Waals surface area contributed by atoms with Crippen molar-refractivity contribution in [3.05, 3.63) is 0 Å². The van der Waals surface area contributed by atoms with Gasteiger partial charge in [0.25, 0.3) is 0 Å². The fraction of sp³-hybridized carbons (Fsp3) is 0.667. The molecule has 0 spiro atoms. The number of carbonyl (C=O) groups excluding carboxylic acids is 1. The molecule has 8 heteroatoms. The van der Waals surface area contributed by atoms with Crippen LogP contribution in [0.1, 0.15) is 6.42 Å². The van der Waals surface area contributed by atoms with Gasteiger partial charge in [0.1, 0.15) is 0 Å². The molecule has 5 nitrogen and oxygen atoms in total. The molecule has 0 aliphatic heterocycles. The summed E-state index contributed by atoms with van der Waals surface area (Å²) in [7, 11) is -2.06.